The average Bonchev–Trinajstić information content (AvgIpc) is 2.45. The molecule has 7 heteroatoms. The number of ether oxygens (including phenoxy) is 1. The first kappa shape index (κ1) is 14.8. The molecule has 21 heavy (non-hydrogen) atoms. The van der Waals surface area contributed by atoms with Crippen LogP contribution < -0.4 is 15.8 Å². The van der Waals surface area contributed by atoms with Gasteiger partial charge in [0.1, 0.15) is 11.8 Å². The first-order valence-electron chi connectivity index (χ1n) is 6.52. The summed E-state index contributed by atoms with van der Waals surface area (Å²) in [5.41, 5.74) is 5.70. The Kier molecular flexibility index (Phi) is 4.42. The van der Waals surface area contributed by atoms with E-state index in [1.165, 1.54) is 0 Å². The predicted molar refractivity (Wildman–Crippen MR) is 72.7 cm³/mol. The third-order valence-electron chi connectivity index (χ3n) is 3.29. The third-order valence-corrected chi connectivity index (χ3v) is 3.29. The van der Waals surface area contributed by atoms with E-state index in [2.05, 4.69) is 5.32 Å². The standard InChI is InChI=1S/C14H16N2O5/c15-12(17)7-10(14(19)20)16-13(18)9-5-6-21-11-4-2-1-3-8(9)11/h1-4,9-10H,5-7H2,(H2,15,17)(H,16,18)(H,19,20)/t9?,10-/m0/s1. The molecule has 2 rings (SSSR count). The van der Waals surface area contributed by atoms with Crippen LogP contribution in [0, 0.1) is 0 Å². The molecule has 0 fully saturated rings. The highest BCUT2D eigenvalue weighted by atomic mass is 16.5. The van der Waals surface area contributed by atoms with E-state index in [1.54, 1.807) is 24.3 Å². The zero-order chi connectivity index (χ0) is 15.4. The van der Waals surface area contributed by atoms with Gasteiger partial charge in [0.2, 0.25) is 11.8 Å². The van der Waals surface area contributed by atoms with E-state index in [0.717, 1.165) is 0 Å². The number of fused-ring (bicyclic) bond motifs is 1. The molecule has 0 bridgehead atoms. The summed E-state index contributed by atoms with van der Waals surface area (Å²) in [6, 6.07) is 5.79. The van der Waals surface area contributed by atoms with Crippen LogP contribution in [0.1, 0.15) is 24.3 Å². The fourth-order valence-corrected chi connectivity index (χ4v) is 2.29. The smallest absolute Gasteiger partial charge is 0.326 e. The molecule has 1 aromatic rings. The van der Waals surface area contributed by atoms with Crippen LogP contribution in [0.5, 0.6) is 5.75 Å². The lowest BCUT2D eigenvalue weighted by atomic mass is 9.92. The topological polar surface area (TPSA) is 119 Å². The fraction of sp³-hybridized carbons (Fsp3) is 0.357. The molecular weight excluding hydrogens is 276 g/mol. The van der Waals surface area contributed by atoms with Gasteiger partial charge in [0.25, 0.3) is 0 Å². The summed E-state index contributed by atoms with van der Waals surface area (Å²) >= 11 is 0. The molecule has 1 aliphatic rings. The molecule has 1 aliphatic heterocycles. The highest BCUT2D eigenvalue weighted by Gasteiger charge is 2.31. The molecule has 0 saturated heterocycles. The van der Waals surface area contributed by atoms with Gasteiger partial charge in [-0.15, -0.1) is 0 Å². The number of hydrogen-bond acceptors (Lipinski definition) is 4. The maximum Gasteiger partial charge on any atom is 0.326 e. The average molecular weight is 292 g/mol. The number of hydrogen-bond donors (Lipinski definition) is 3. The first-order valence-corrected chi connectivity index (χ1v) is 6.52. The zero-order valence-corrected chi connectivity index (χ0v) is 11.2. The van der Waals surface area contributed by atoms with Crippen LogP contribution in [-0.4, -0.2) is 35.5 Å². The maximum absolute atomic E-state index is 12.3. The van der Waals surface area contributed by atoms with E-state index < -0.39 is 36.2 Å². The van der Waals surface area contributed by atoms with Crippen LogP contribution >= 0.6 is 0 Å². The Morgan fingerprint density at radius 3 is 2.76 bits per heavy atom. The summed E-state index contributed by atoms with van der Waals surface area (Å²) in [5, 5.41) is 11.4. The van der Waals surface area contributed by atoms with Crippen molar-refractivity contribution in [2.24, 2.45) is 5.73 Å². The Morgan fingerprint density at radius 1 is 1.38 bits per heavy atom. The number of carboxylic acid groups (broad SMARTS) is 1. The van der Waals surface area contributed by atoms with E-state index in [4.69, 9.17) is 15.6 Å². The lowest BCUT2D eigenvalue weighted by Crippen LogP contribution is -2.45. The number of rotatable bonds is 5. The van der Waals surface area contributed by atoms with Gasteiger partial charge in [0, 0.05) is 5.56 Å². The van der Waals surface area contributed by atoms with Gasteiger partial charge in [-0.2, -0.15) is 0 Å². The van der Waals surface area contributed by atoms with E-state index >= 15 is 0 Å². The number of amides is 2. The lowest BCUT2D eigenvalue weighted by Gasteiger charge is -2.26. The Hall–Kier alpha value is -2.57. The van der Waals surface area contributed by atoms with Crippen molar-refractivity contribution in [3.05, 3.63) is 29.8 Å². The van der Waals surface area contributed by atoms with Crippen LogP contribution in [0.25, 0.3) is 0 Å². The Labute approximate surface area is 121 Å². The summed E-state index contributed by atoms with van der Waals surface area (Å²) in [5.74, 6) is -2.40. The fourth-order valence-electron chi connectivity index (χ4n) is 2.29. The monoisotopic (exact) mass is 292 g/mol. The van der Waals surface area contributed by atoms with Gasteiger partial charge in [-0.25, -0.2) is 4.79 Å². The SMILES string of the molecule is NC(=O)C[C@H](NC(=O)C1CCOc2ccccc21)C(=O)O. The molecule has 2 amide bonds. The van der Waals surface area contributed by atoms with Gasteiger partial charge in [-0.1, -0.05) is 18.2 Å². The maximum atomic E-state index is 12.3. The summed E-state index contributed by atoms with van der Waals surface area (Å²) in [6.45, 7) is 0.378. The van der Waals surface area contributed by atoms with Gasteiger partial charge < -0.3 is 20.9 Å². The molecule has 2 atom stereocenters. The molecule has 0 saturated carbocycles. The number of benzene rings is 1. The Bertz CT molecular complexity index is 572. The highest BCUT2D eigenvalue weighted by Crippen LogP contribution is 2.33. The van der Waals surface area contributed by atoms with Crippen molar-refractivity contribution in [3.8, 4) is 5.75 Å². The van der Waals surface area contributed by atoms with Gasteiger partial charge >= 0.3 is 5.97 Å². The number of carboxylic acids is 1. The van der Waals surface area contributed by atoms with Crippen LogP contribution in [0.4, 0.5) is 0 Å². The van der Waals surface area contributed by atoms with Gasteiger partial charge in [0.05, 0.1) is 18.9 Å². The quantitative estimate of drug-likeness (QED) is 0.705. The summed E-state index contributed by atoms with van der Waals surface area (Å²) in [6.07, 6.45) is 0.0116. The molecule has 0 aromatic heterocycles. The molecule has 1 heterocycles. The van der Waals surface area contributed by atoms with Crippen LogP contribution in [0.3, 0.4) is 0 Å². The van der Waals surface area contributed by atoms with Crippen LogP contribution in [-0.2, 0) is 14.4 Å². The number of para-hydroxylation sites is 1. The zero-order valence-electron chi connectivity index (χ0n) is 11.2. The summed E-state index contributed by atoms with van der Waals surface area (Å²) < 4.78 is 5.45. The molecule has 0 radical (unpaired) electrons. The summed E-state index contributed by atoms with van der Waals surface area (Å²) in [4.78, 5) is 34.2. The second-order valence-corrected chi connectivity index (χ2v) is 4.80. The molecule has 0 spiro atoms. The molecule has 1 unspecified atom stereocenters. The van der Waals surface area contributed by atoms with E-state index in [9.17, 15) is 14.4 Å². The molecule has 7 nitrogen and oxygen atoms in total. The second-order valence-electron chi connectivity index (χ2n) is 4.80. The Balaban J connectivity index is 2.13. The highest BCUT2D eigenvalue weighted by molar-refractivity contribution is 5.91. The predicted octanol–water partition coefficient (Wildman–Crippen LogP) is -0.00250. The van der Waals surface area contributed by atoms with Crippen molar-refractivity contribution >= 4 is 17.8 Å². The molecule has 1 aromatic carbocycles. The largest absolute Gasteiger partial charge is 0.493 e. The number of carbonyl (C=O) groups is 3. The second kappa shape index (κ2) is 6.25. The molecule has 112 valence electrons. The molecule has 0 aliphatic carbocycles. The number of carbonyl (C=O) groups excluding carboxylic acids is 2. The summed E-state index contributed by atoms with van der Waals surface area (Å²) in [7, 11) is 0. The Morgan fingerprint density at radius 2 is 2.10 bits per heavy atom. The minimum atomic E-state index is -1.31. The van der Waals surface area contributed by atoms with Crippen molar-refractivity contribution < 1.29 is 24.2 Å². The van der Waals surface area contributed by atoms with Gasteiger partial charge in [-0.3, -0.25) is 9.59 Å². The number of primary amides is 1. The minimum absolute atomic E-state index is 0.378. The van der Waals surface area contributed by atoms with E-state index in [1.807, 2.05) is 0 Å². The van der Waals surface area contributed by atoms with Gasteiger partial charge in [0.15, 0.2) is 0 Å². The van der Waals surface area contributed by atoms with E-state index in [0.29, 0.717) is 24.3 Å². The molecular formula is C14H16N2O5. The van der Waals surface area contributed by atoms with Crippen LogP contribution in [0.15, 0.2) is 24.3 Å². The van der Waals surface area contributed by atoms with Crippen molar-refractivity contribution in [2.75, 3.05) is 6.61 Å². The normalized spacial score (nSPS) is 18.0. The van der Waals surface area contributed by atoms with Crippen molar-refractivity contribution in [1.82, 2.24) is 5.32 Å². The van der Waals surface area contributed by atoms with Gasteiger partial charge in [-0.05, 0) is 12.5 Å². The molecule has 4 N–H and O–H groups in total. The van der Waals surface area contributed by atoms with Crippen LogP contribution in [0.2, 0.25) is 0 Å². The van der Waals surface area contributed by atoms with Crippen molar-refractivity contribution in [2.45, 2.75) is 24.8 Å². The number of nitrogens with two attached hydrogens (primary N) is 1. The third kappa shape index (κ3) is 3.50. The number of aliphatic carboxylic acids is 1. The van der Waals surface area contributed by atoms with Crippen molar-refractivity contribution in [1.29, 1.82) is 0 Å². The minimum Gasteiger partial charge on any atom is -0.493 e. The number of nitrogens with one attached hydrogen (secondary N) is 1. The lowest BCUT2D eigenvalue weighted by molar-refractivity contribution is -0.143. The van der Waals surface area contributed by atoms with E-state index in [-0.39, 0.29) is 0 Å². The van der Waals surface area contributed by atoms with Crippen molar-refractivity contribution in [3.63, 3.8) is 0 Å². The first-order chi connectivity index (χ1) is 9.99.